The van der Waals surface area contributed by atoms with Crippen LogP contribution >= 0.6 is 0 Å². The highest BCUT2D eigenvalue weighted by Gasteiger charge is 2.30. The molecule has 6 aliphatic heterocycles. The van der Waals surface area contributed by atoms with Gasteiger partial charge < -0.3 is 70.2 Å². The highest BCUT2D eigenvalue weighted by Crippen LogP contribution is 2.12. The number of amides is 19. The lowest BCUT2D eigenvalue weighted by atomic mass is 10.1. The van der Waals surface area contributed by atoms with Gasteiger partial charge in [-0.25, -0.2) is 5.48 Å². The third kappa shape index (κ3) is 63.7. The summed E-state index contributed by atoms with van der Waals surface area (Å²) in [6, 6.07) is 0. The van der Waals surface area contributed by atoms with Gasteiger partial charge in [0.1, 0.15) is 35.3 Å². The predicted molar refractivity (Wildman–Crippen MR) is 514 cm³/mol. The average Bonchev–Trinajstić information content (AvgIpc) is 1.77. The molecule has 0 aromatic carbocycles. The van der Waals surface area contributed by atoms with Crippen molar-refractivity contribution in [3.63, 3.8) is 0 Å². The average molecular weight is 2050 g/mol. The molecule has 51 heteroatoms. The molecular formula is C94H135N17O34. The molecule has 0 atom stereocenters. The number of carbonyl (C=O) groups is 25. The minimum Gasteiger partial charge on any atom is -0.393 e. The predicted octanol–water partition coefficient (Wildman–Crippen LogP) is -1.03. The first kappa shape index (κ1) is 128. The molecule has 51 nitrogen and oxygen atoms in total. The fourth-order valence-corrected chi connectivity index (χ4v) is 10.7. The lowest BCUT2D eigenvalue weighted by Crippen LogP contribution is -2.37. The van der Waals surface area contributed by atoms with Crippen LogP contribution in [0.3, 0.4) is 0 Å². The Kier molecular flexibility index (Phi) is 68.1. The molecule has 0 aromatic heterocycles. The van der Waals surface area contributed by atoms with E-state index in [1.165, 1.54) is 86.3 Å². The lowest BCUT2D eigenvalue weighted by Gasteiger charge is -2.13. The second-order valence-electron chi connectivity index (χ2n) is 32.5. The normalized spacial score (nSPS) is 13.9. The summed E-state index contributed by atoms with van der Waals surface area (Å²) in [6.45, 7) is 23.1. The fraction of sp³-hybridized carbons (Fsp3) is 0.564. The summed E-state index contributed by atoms with van der Waals surface area (Å²) in [5.74, 6) is -7.32. The van der Waals surface area contributed by atoms with Gasteiger partial charge in [-0.05, 0) is 47.5 Å². The number of rotatable bonds is 68. The van der Waals surface area contributed by atoms with Crippen molar-refractivity contribution in [2.75, 3.05) is 151 Å². The molecule has 19 amide bonds. The van der Waals surface area contributed by atoms with Gasteiger partial charge in [0.25, 0.3) is 70.9 Å². The zero-order chi connectivity index (χ0) is 108. The molecule has 0 fully saturated rings. The third-order valence-corrected chi connectivity index (χ3v) is 18.8. The maximum atomic E-state index is 11.7. The van der Waals surface area contributed by atoms with Gasteiger partial charge in [0.2, 0.25) is 41.4 Å². The van der Waals surface area contributed by atoms with E-state index in [0.717, 1.165) is 41.6 Å². The molecule has 800 valence electrons. The monoisotopic (exact) mass is 2050 g/mol. The maximum Gasteiger partial charge on any atom is 0.253 e. The van der Waals surface area contributed by atoms with Crippen LogP contribution in [0.1, 0.15) is 166 Å². The number of imide groups is 6. The van der Waals surface area contributed by atoms with E-state index in [4.69, 9.17) is 38.3 Å². The first-order valence-corrected chi connectivity index (χ1v) is 46.7. The van der Waals surface area contributed by atoms with Crippen molar-refractivity contribution < 1.29 is 163 Å². The van der Waals surface area contributed by atoms with Gasteiger partial charge in [0.05, 0.1) is 78.4 Å². The van der Waals surface area contributed by atoms with Crippen molar-refractivity contribution in [3.05, 3.63) is 72.9 Å². The van der Waals surface area contributed by atoms with E-state index in [9.17, 15) is 120 Å². The number of nitrogens with one attached hydrogen (secondary N) is 7. The van der Waals surface area contributed by atoms with E-state index < -0.39 is 70.9 Å². The van der Waals surface area contributed by atoms with Crippen LogP contribution in [-0.2, 0) is 163 Å². The molecule has 0 aromatic rings. The van der Waals surface area contributed by atoms with Crippen molar-refractivity contribution in [1.29, 1.82) is 0 Å². The molecule has 0 spiro atoms. The van der Waals surface area contributed by atoms with Crippen molar-refractivity contribution in [2.24, 2.45) is 38.4 Å². The van der Waals surface area contributed by atoms with Gasteiger partial charge in [-0.2, -0.15) is 0 Å². The van der Waals surface area contributed by atoms with Crippen molar-refractivity contribution >= 4 is 172 Å². The van der Waals surface area contributed by atoms with E-state index in [2.05, 4.69) is 62.8 Å². The summed E-state index contributed by atoms with van der Waals surface area (Å²) in [5.41, 5.74) is 2.06. The van der Waals surface area contributed by atoms with Gasteiger partial charge in [-0.3, -0.25) is 154 Å². The van der Waals surface area contributed by atoms with Crippen LogP contribution in [-0.4, -0.2) is 365 Å². The Labute approximate surface area is 838 Å². The fourth-order valence-electron chi connectivity index (χ4n) is 10.7. The van der Waals surface area contributed by atoms with Crippen LogP contribution in [0.2, 0.25) is 0 Å². The van der Waals surface area contributed by atoms with Crippen LogP contribution in [0.5, 0.6) is 0 Å². The number of hydrogen-bond acceptors (Lipinski definition) is 38. The number of ether oxygens (including phenoxy) is 4. The second kappa shape index (κ2) is 76.9. The standard InChI is InChI=1S/C20H29N3O7.C18H27N3O6.C17H25N3O7.C15H22N2O5.C12H15N3O5.C12H17N3O4/c1-15(2)17(25)14-30-22-9-3-4-16(24)8-12-29-13-10-21-18(26)7-11-23-19(27)5-6-20(23)28;1-14(2)27-20-9-3-4-15(22)8-12-26-13-10-19-16(23)7-11-21-17(24)5-6-18(21)25;1-12(2)13(21)6-9-26-10-7-18-15(23)11-27-19-14(22)5-8-20-16(24)3-4-17(20)25;1-11(2)12(18)6-9-22-10-7-16-13(19)5-8-17-14(20)3-4-15(17)21;1-9(16)8-20-14-6-5-13-10(17)4-7-15-11(18)2-3-12(15)19;1-9(2)19-14-7-6-13-10(16)5-8-15-11(17)3-4-12(15)18/h5-6,9,15H,3-4,7-8,10-14H2,1-2H3,(H,21,26);5-6,9,14H,3-4,7-8,10-13H2,1-2H3,(H,19,23);3-4,12H,5-11H2,1-2H3,(H,18,23)(H,19,22);3-4,11H,5-10H2,1-2H3,(H,16,19);2-3,6H,4-5,7-8H2,1H3,(H,13,17);3-4,7,9H,5-6,8H2,1-2H3,(H,13,16). The number of oxime groups is 4. The second-order valence-corrected chi connectivity index (χ2v) is 32.5. The van der Waals surface area contributed by atoms with E-state index in [1.807, 2.05) is 55.4 Å². The van der Waals surface area contributed by atoms with Crippen molar-refractivity contribution in [3.8, 4) is 0 Å². The lowest BCUT2D eigenvalue weighted by molar-refractivity contribution is -0.142. The van der Waals surface area contributed by atoms with Crippen LogP contribution in [0, 0.1) is 17.8 Å². The van der Waals surface area contributed by atoms with E-state index in [0.29, 0.717) is 77.9 Å². The Balaban J connectivity index is 0.000000876. The molecule has 145 heavy (non-hydrogen) atoms. The molecule has 0 aliphatic carbocycles. The molecular weight excluding hydrogens is 1910 g/mol. The molecule has 6 aliphatic rings. The van der Waals surface area contributed by atoms with Gasteiger partial charge in [0, 0.05) is 246 Å². The summed E-state index contributed by atoms with van der Waals surface area (Å²) < 4.78 is 21.1. The van der Waals surface area contributed by atoms with E-state index in [1.54, 1.807) is 20.1 Å². The van der Waals surface area contributed by atoms with E-state index in [-0.39, 0.29) is 269 Å². The molecule has 7 N–H and O–H groups in total. The van der Waals surface area contributed by atoms with Gasteiger partial charge in [0.15, 0.2) is 31.4 Å². The molecule has 0 bridgehead atoms. The number of hydrogen-bond donors (Lipinski definition) is 7. The zero-order valence-corrected chi connectivity index (χ0v) is 83.6. The molecule has 0 radical (unpaired) electrons. The molecule has 0 saturated carbocycles. The van der Waals surface area contributed by atoms with Gasteiger partial charge in [-0.1, -0.05) is 62.2 Å². The van der Waals surface area contributed by atoms with Crippen LogP contribution in [0.15, 0.2) is 93.5 Å². The van der Waals surface area contributed by atoms with Crippen LogP contribution in [0.4, 0.5) is 0 Å². The van der Waals surface area contributed by atoms with Gasteiger partial charge >= 0.3 is 0 Å². The molecule has 0 saturated heterocycles. The smallest absolute Gasteiger partial charge is 0.253 e. The summed E-state index contributed by atoms with van der Waals surface area (Å²) in [7, 11) is 0. The Hall–Kier alpha value is -14.7. The SMILES string of the molecule is CC(=O)CON=CCNC(=O)CCN1C(=O)C=CC1=O.CC(C)C(=O)CCOCCNC(=O)CCN1C(=O)C=CC1=O.CC(C)C(=O)CCOCCNC(=O)CONC(=O)CCN1C(=O)C=CC1=O.CC(C)C(=O)CON=CCCC(=O)CCOCCNC(=O)CCN1C(=O)C=CC1=O.CC(C)ON=CCCC(=O)CCOCCNC(=O)CCN1C(=O)C=CC1=O.CC(C)ON=CCNC(=O)CCN1C(=O)C=CC1=O. The summed E-state index contributed by atoms with van der Waals surface area (Å²) in [5, 5.41) is 29.9. The third-order valence-electron chi connectivity index (χ3n) is 18.8. The number of hydroxylamine groups is 1. The largest absolute Gasteiger partial charge is 0.393 e. The van der Waals surface area contributed by atoms with Crippen molar-refractivity contribution in [2.45, 2.75) is 178 Å². The van der Waals surface area contributed by atoms with Crippen molar-refractivity contribution in [1.82, 2.24) is 66.8 Å². The molecule has 0 unspecified atom stereocenters. The van der Waals surface area contributed by atoms with Crippen LogP contribution in [0.25, 0.3) is 0 Å². The first-order valence-electron chi connectivity index (χ1n) is 46.7. The molecule has 6 heterocycles. The molecule has 6 rings (SSSR count). The summed E-state index contributed by atoms with van der Waals surface area (Å²) >= 11 is 0. The number of Topliss-reactive ketones (excluding diaryl/α,β-unsaturated/α-hetero) is 6. The first-order chi connectivity index (χ1) is 68.9. The highest BCUT2D eigenvalue weighted by molar-refractivity contribution is 6.16. The Bertz CT molecular complexity index is 4590. The Morgan fingerprint density at radius 2 is 0.524 bits per heavy atom. The van der Waals surface area contributed by atoms with Gasteiger partial charge in [-0.15, -0.1) is 0 Å². The maximum absolute atomic E-state index is 11.7. The highest BCUT2D eigenvalue weighted by atomic mass is 16.7. The Morgan fingerprint density at radius 3 is 0.814 bits per heavy atom. The number of nitrogens with zero attached hydrogens (tertiary/aromatic N) is 10. The minimum atomic E-state index is -0.562. The zero-order valence-electron chi connectivity index (χ0n) is 83.6. The number of ketones is 6. The topological polar surface area (TPSA) is 663 Å². The summed E-state index contributed by atoms with van der Waals surface area (Å²) in [6.07, 6.45) is 22.8. The van der Waals surface area contributed by atoms with Crippen LogP contribution < -0.4 is 37.4 Å². The Morgan fingerprint density at radius 1 is 0.276 bits per heavy atom. The quantitative estimate of drug-likeness (QED) is 0.0166. The summed E-state index contributed by atoms with van der Waals surface area (Å²) in [4.78, 5) is 314. The number of carbonyl (C=O) groups excluding carboxylic acids is 25. The minimum absolute atomic E-state index is 0.00774. The van der Waals surface area contributed by atoms with E-state index >= 15 is 0 Å².